The lowest BCUT2D eigenvalue weighted by Gasteiger charge is -2.08. The molecule has 1 atom stereocenters. The average molecular weight is 302 g/mol. The highest BCUT2D eigenvalue weighted by atomic mass is 79.9. The molecule has 5 heteroatoms. The predicted octanol–water partition coefficient (Wildman–Crippen LogP) is 2.10. The fourth-order valence-corrected chi connectivity index (χ4v) is 1.29. The second-order valence-corrected chi connectivity index (χ2v) is 4.37. The Morgan fingerprint density at radius 1 is 1.35 bits per heavy atom. The van der Waals surface area contributed by atoms with Gasteiger partial charge in [0, 0.05) is 5.33 Å². The van der Waals surface area contributed by atoms with Crippen LogP contribution in [-0.4, -0.2) is 23.9 Å². The fourth-order valence-electron chi connectivity index (χ4n) is 1.06. The molecule has 0 aliphatic heterocycles. The van der Waals surface area contributed by atoms with Crippen LogP contribution < -0.4 is 15.2 Å². The smallest absolute Gasteiger partial charge is 0.328 e. The van der Waals surface area contributed by atoms with E-state index in [0.29, 0.717) is 12.4 Å². The normalized spacial score (nSPS) is 11.9. The molecular weight excluding hydrogens is 286 g/mol. The van der Waals surface area contributed by atoms with E-state index in [-0.39, 0.29) is 0 Å². The van der Waals surface area contributed by atoms with E-state index in [1.807, 2.05) is 0 Å². The summed E-state index contributed by atoms with van der Waals surface area (Å²) in [5.74, 6) is 0.782. The number of benzene rings is 1. The lowest BCUT2D eigenvalue weighted by Crippen LogP contribution is -2.30. The van der Waals surface area contributed by atoms with E-state index in [4.69, 9.17) is 15.2 Å². The highest BCUT2D eigenvalue weighted by molar-refractivity contribution is 9.09. The molecule has 1 rings (SSSR count). The second kappa shape index (κ2) is 7.29. The first-order valence-corrected chi connectivity index (χ1v) is 6.51. The van der Waals surface area contributed by atoms with Gasteiger partial charge in [0.1, 0.15) is 17.5 Å². The van der Waals surface area contributed by atoms with Gasteiger partial charge in [-0.1, -0.05) is 15.9 Å². The SMILES string of the molecule is C[C@H](N)C(=O)Oc1ccc(OCCCBr)cc1. The van der Waals surface area contributed by atoms with Crippen molar-refractivity contribution in [3.63, 3.8) is 0 Å². The van der Waals surface area contributed by atoms with Crippen molar-refractivity contribution in [2.24, 2.45) is 5.73 Å². The first-order chi connectivity index (χ1) is 8.13. The summed E-state index contributed by atoms with van der Waals surface area (Å²) in [4.78, 5) is 11.2. The molecule has 0 aromatic heterocycles. The Labute approximate surface area is 109 Å². The summed E-state index contributed by atoms with van der Waals surface area (Å²) in [5.41, 5.74) is 5.39. The number of carbonyl (C=O) groups excluding carboxylic acids is 1. The van der Waals surface area contributed by atoms with Gasteiger partial charge in [-0.2, -0.15) is 0 Å². The molecule has 0 aliphatic carbocycles. The second-order valence-electron chi connectivity index (χ2n) is 3.57. The number of hydrogen-bond acceptors (Lipinski definition) is 4. The van der Waals surface area contributed by atoms with Gasteiger partial charge in [0.15, 0.2) is 0 Å². The molecule has 1 aromatic carbocycles. The summed E-state index contributed by atoms with van der Waals surface area (Å²) < 4.78 is 10.5. The minimum Gasteiger partial charge on any atom is -0.494 e. The van der Waals surface area contributed by atoms with Crippen molar-refractivity contribution in [2.75, 3.05) is 11.9 Å². The summed E-state index contributed by atoms with van der Waals surface area (Å²) in [5, 5.41) is 0.914. The van der Waals surface area contributed by atoms with Crippen molar-refractivity contribution in [2.45, 2.75) is 19.4 Å². The lowest BCUT2D eigenvalue weighted by atomic mass is 10.3. The zero-order chi connectivity index (χ0) is 12.7. The van der Waals surface area contributed by atoms with E-state index < -0.39 is 12.0 Å². The van der Waals surface area contributed by atoms with Crippen LogP contribution in [0.25, 0.3) is 0 Å². The van der Waals surface area contributed by atoms with Crippen molar-refractivity contribution < 1.29 is 14.3 Å². The van der Waals surface area contributed by atoms with Crippen LogP contribution in [0, 0.1) is 0 Å². The Morgan fingerprint density at radius 2 is 1.94 bits per heavy atom. The van der Waals surface area contributed by atoms with Crippen molar-refractivity contribution in [3.8, 4) is 11.5 Å². The van der Waals surface area contributed by atoms with Crippen LogP contribution in [0.15, 0.2) is 24.3 Å². The third kappa shape index (κ3) is 5.19. The zero-order valence-electron chi connectivity index (χ0n) is 9.69. The average Bonchev–Trinajstić information content (AvgIpc) is 2.31. The minimum absolute atomic E-state index is 0.446. The molecule has 0 radical (unpaired) electrons. The molecule has 0 fully saturated rings. The van der Waals surface area contributed by atoms with Gasteiger partial charge in [-0.3, -0.25) is 0 Å². The summed E-state index contributed by atoms with van der Waals surface area (Å²) in [6.45, 7) is 2.24. The Balaban J connectivity index is 2.47. The standard InChI is InChI=1S/C12H16BrNO3/c1-9(14)12(15)17-11-5-3-10(4-6-11)16-8-2-7-13/h3-6,9H,2,7-8,14H2,1H3/t9-/m0/s1. The van der Waals surface area contributed by atoms with E-state index >= 15 is 0 Å². The predicted molar refractivity (Wildman–Crippen MR) is 69.6 cm³/mol. The maximum absolute atomic E-state index is 11.2. The molecule has 17 heavy (non-hydrogen) atoms. The van der Waals surface area contributed by atoms with Gasteiger partial charge < -0.3 is 15.2 Å². The van der Waals surface area contributed by atoms with Gasteiger partial charge in [0.25, 0.3) is 0 Å². The molecule has 1 aromatic rings. The van der Waals surface area contributed by atoms with Crippen molar-refractivity contribution in [1.29, 1.82) is 0 Å². The van der Waals surface area contributed by atoms with Crippen LogP contribution in [0.3, 0.4) is 0 Å². The van der Waals surface area contributed by atoms with Crippen LogP contribution >= 0.6 is 15.9 Å². The number of esters is 1. The van der Waals surface area contributed by atoms with E-state index in [1.165, 1.54) is 0 Å². The van der Waals surface area contributed by atoms with E-state index in [0.717, 1.165) is 17.5 Å². The molecule has 0 aliphatic rings. The maximum Gasteiger partial charge on any atom is 0.328 e. The molecular formula is C12H16BrNO3. The number of halogens is 1. The number of alkyl halides is 1. The summed E-state index contributed by atoms with van der Waals surface area (Å²) >= 11 is 3.33. The largest absolute Gasteiger partial charge is 0.494 e. The van der Waals surface area contributed by atoms with Crippen LogP contribution in [0.1, 0.15) is 13.3 Å². The van der Waals surface area contributed by atoms with Crippen molar-refractivity contribution >= 4 is 21.9 Å². The van der Waals surface area contributed by atoms with Gasteiger partial charge in [0.05, 0.1) is 6.61 Å². The summed E-state index contributed by atoms with van der Waals surface area (Å²) in [6.07, 6.45) is 0.946. The Bertz CT molecular complexity index is 351. The lowest BCUT2D eigenvalue weighted by molar-refractivity contribution is -0.135. The molecule has 0 bridgehead atoms. The molecule has 4 nitrogen and oxygen atoms in total. The number of rotatable bonds is 6. The van der Waals surface area contributed by atoms with Crippen LogP contribution in [0.5, 0.6) is 11.5 Å². The van der Waals surface area contributed by atoms with Gasteiger partial charge in [-0.05, 0) is 37.6 Å². The van der Waals surface area contributed by atoms with E-state index in [9.17, 15) is 4.79 Å². The molecule has 0 amide bonds. The number of carbonyl (C=O) groups is 1. The Hall–Kier alpha value is -1.07. The monoisotopic (exact) mass is 301 g/mol. The number of nitrogens with two attached hydrogens (primary N) is 1. The molecule has 0 spiro atoms. The van der Waals surface area contributed by atoms with E-state index in [2.05, 4.69) is 15.9 Å². The summed E-state index contributed by atoms with van der Waals surface area (Å²) in [6, 6.07) is 6.27. The van der Waals surface area contributed by atoms with Gasteiger partial charge in [0.2, 0.25) is 0 Å². The molecule has 0 heterocycles. The minimum atomic E-state index is -0.621. The highest BCUT2D eigenvalue weighted by Gasteiger charge is 2.09. The molecule has 0 saturated heterocycles. The van der Waals surface area contributed by atoms with Crippen LogP contribution in [-0.2, 0) is 4.79 Å². The zero-order valence-corrected chi connectivity index (χ0v) is 11.3. The van der Waals surface area contributed by atoms with Gasteiger partial charge >= 0.3 is 5.97 Å². The Morgan fingerprint density at radius 3 is 2.47 bits per heavy atom. The first-order valence-electron chi connectivity index (χ1n) is 5.39. The molecule has 94 valence electrons. The van der Waals surface area contributed by atoms with Crippen molar-refractivity contribution in [1.82, 2.24) is 0 Å². The highest BCUT2D eigenvalue weighted by Crippen LogP contribution is 2.18. The van der Waals surface area contributed by atoms with E-state index in [1.54, 1.807) is 31.2 Å². The molecule has 0 unspecified atom stereocenters. The number of hydrogen-bond donors (Lipinski definition) is 1. The third-order valence-electron chi connectivity index (χ3n) is 1.96. The van der Waals surface area contributed by atoms with Crippen molar-refractivity contribution in [3.05, 3.63) is 24.3 Å². The maximum atomic E-state index is 11.2. The number of ether oxygens (including phenoxy) is 2. The van der Waals surface area contributed by atoms with Gasteiger partial charge in [-0.25, -0.2) is 4.79 Å². The molecule has 2 N–H and O–H groups in total. The third-order valence-corrected chi connectivity index (χ3v) is 2.52. The fraction of sp³-hybridized carbons (Fsp3) is 0.417. The van der Waals surface area contributed by atoms with Crippen LogP contribution in [0.2, 0.25) is 0 Å². The Kier molecular flexibility index (Phi) is 6.00. The topological polar surface area (TPSA) is 61.6 Å². The first kappa shape index (κ1) is 14.0. The molecule has 0 saturated carbocycles. The summed E-state index contributed by atoms with van der Waals surface area (Å²) in [7, 11) is 0. The van der Waals surface area contributed by atoms with Crippen LogP contribution in [0.4, 0.5) is 0 Å². The quantitative estimate of drug-likeness (QED) is 0.378. The van der Waals surface area contributed by atoms with Gasteiger partial charge in [-0.15, -0.1) is 0 Å².